The summed E-state index contributed by atoms with van der Waals surface area (Å²) in [6.07, 6.45) is 3.85. The molecule has 1 aliphatic heterocycles. The first-order valence-electron chi connectivity index (χ1n) is 9.77. The van der Waals surface area contributed by atoms with Gasteiger partial charge in [-0.3, -0.25) is 9.89 Å². The summed E-state index contributed by atoms with van der Waals surface area (Å²) in [6, 6.07) is 0. The van der Waals surface area contributed by atoms with Crippen molar-refractivity contribution in [2.24, 2.45) is 16.8 Å². The van der Waals surface area contributed by atoms with E-state index < -0.39 is 12.7 Å². The average Bonchev–Trinajstić information content (AvgIpc) is 3.36. The van der Waals surface area contributed by atoms with E-state index in [2.05, 4.69) is 22.5 Å². The van der Waals surface area contributed by atoms with Crippen molar-refractivity contribution in [1.82, 2.24) is 15.5 Å². The highest BCUT2D eigenvalue weighted by atomic mass is 127. The highest BCUT2D eigenvalue weighted by Gasteiger charge is 2.32. The first-order chi connectivity index (χ1) is 12.0. The van der Waals surface area contributed by atoms with Crippen LogP contribution in [0.5, 0.6) is 0 Å². The van der Waals surface area contributed by atoms with Gasteiger partial charge in [0.1, 0.15) is 0 Å². The molecular formula is C18H34F3IN4. The lowest BCUT2D eigenvalue weighted by atomic mass is 9.93. The van der Waals surface area contributed by atoms with Gasteiger partial charge >= 0.3 is 6.18 Å². The summed E-state index contributed by atoms with van der Waals surface area (Å²) in [7, 11) is 0. The molecule has 0 aromatic heterocycles. The summed E-state index contributed by atoms with van der Waals surface area (Å²) in [5.41, 5.74) is 0. The van der Waals surface area contributed by atoms with E-state index in [9.17, 15) is 13.2 Å². The quantitative estimate of drug-likeness (QED) is 0.222. The van der Waals surface area contributed by atoms with Crippen molar-refractivity contribution in [3.63, 3.8) is 0 Å². The Bertz CT molecular complexity index is 406. The highest BCUT2D eigenvalue weighted by molar-refractivity contribution is 14.0. The summed E-state index contributed by atoms with van der Waals surface area (Å²) in [6.45, 7) is 4.93. The van der Waals surface area contributed by atoms with E-state index in [4.69, 9.17) is 0 Å². The van der Waals surface area contributed by atoms with E-state index in [-0.39, 0.29) is 24.0 Å². The van der Waals surface area contributed by atoms with Crippen molar-refractivity contribution in [3.05, 3.63) is 0 Å². The van der Waals surface area contributed by atoms with Gasteiger partial charge in [0.05, 0.1) is 6.54 Å². The SMILES string of the molecule is CCNC(=NCCCC1CC1)NCCC1CCN(CC(F)(F)F)CC1.I. The van der Waals surface area contributed by atoms with Crippen LogP contribution in [0.25, 0.3) is 0 Å². The van der Waals surface area contributed by atoms with Crippen LogP contribution in [0.4, 0.5) is 13.2 Å². The Hall–Kier alpha value is -0.250. The molecule has 2 N–H and O–H groups in total. The fourth-order valence-corrected chi connectivity index (χ4v) is 3.40. The number of alkyl halides is 3. The van der Waals surface area contributed by atoms with Crippen LogP contribution in [-0.2, 0) is 0 Å². The van der Waals surface area contributed by atoms with E-state index >= 15 is 0 Å². The smallest absolute Gasteiger partial charge is 0.357 e. The van der Waals surface area contributed by atoms with Gasteiger partial charge in [0.2, 0.25) is 0 Å². The molecule has 0 atom stereocenters. The van der Waals surface area contributed by atoms with E-state index in [0.29, 0.717) is 19.0 Å². The normalized spacial score (nSPS) is 19.9. The molecule has 1 saturated heterocycles. The summed E-state index contributed by atoms with van der Waals surface area (Å²) in [5.74, 6) is 2.33. The third-order valence-electron chi connectivity index (χ3n) is 5.04. The maximum Gasteiger partial charge on any atom is 0.401 e. The number of aliphatic imine (C=N–C) groups is 1. The van der Waals surface area contributed by atoms with Crippen molar-refractivity contribution < 1.29 is 13.2 Å². The second kappa shape index (κ2) is 12.3. The summed E-state index contributed by atoms with van der Waals surface area (Å²) in [4.78, 5) is 6.13. The molecule has 0 bridgehead atoms. The number of nitrogens with zero attached hydrogens (tertiary/aromatic N) is 2. The lowest BCUT2D eigenvalue weighted by Crippen LogP contribution is -2.41. The summed E-state index contributed by atoms with van der Waals surface area (Å²) < 4.78 is 37.2. The minimum atomic E-state index is -4.08. The highest BCUT2D eigenvalue weighted by Crippen LogP contribution is 2.33. The maximum absolute atomic E-state index is 12.4. The molecule has 2 aliphatic rings. The minimum absolute atomic E-state index is 0. The zero-order valence-corrected chi connectivity index (χ0v) is 18.1. The number of guanidine groups is 1. The number of likely N-dealkylation sites (tertiary alicyclic amines) is 1. The Balaban J connectivity index is 0.00000338. The van der Waals surface area contributed by atoms with Gasteiger partial charge in [0, 0.05) is 19.6 Å². The molecule has 1 aliphatic carbocycles. The Kier molecular flexibility index (Phi) is 11.2. The van der Waals surface area contributed by atoms with Gasteiger partial charge in [-0.25, -0.2) is 0 Å². The Morgan fingerprint density at radius 3 is 2.27 bits per heavy atom. The molecule has 1 saturated carbocycles. The largest absolute Gasteiger partial charge is 0.401 e. The van der Waals surface area contributed by atoms with Gasteiger partial charge in [0.25, 0.3) is 0 Å². The minimum Gasteiger partial charge on any atom is -0.357 e. The van der Waals surface area contributed by atoms with Gasteiger partial charge in [-0.05, 0) is 64.0 Å². The lowest BCUT2D eigenvalue weighted by molar-refractivity contribution is -0.148. The zero-order valence-electron chi connectivity index (χ0n) is 15.8. The molecule has 0 amide bonds. The van der Waals surface area contributed by atoms with Crippen molar-refractivity contribution in [2.75, 3.05) is 39.3 Å². The van der Waals surface area contributed by atoms with E-state index in [1.54, 1.807) is 0 Å². The average molecular weight is 490 g/mol. The fourth-order valence-electron chi connectivity index (χ4n) is 3.40. The monoisotopic (exact) mass is 490 g/mol. The molecule has 0 aromatic carbocycles. The van der Waals surface area contributed by atoms with Crippen LogP contribution in [0.2, 0.25) is 0 Å². The van der Waals surface area contributed by atoms with Crippen molar-refractivity contribution in [1.29, 1.82) is 0 Å². The fraction of sp³-hybridized carbons (Fsp3) is 0.944. The molecule has 26 heavy (non-hydrogen) atoms. The van der Waals surface area contributed by atoms with E-state index in [1.807, 2.05) is 0 Å². The lowest BCUT2D eigenvalue weighted by Gasteiger charge is -2.32. The van der Waals surface area contributed by atoms with Gasteiger partial charge < -0.3 is 10.6 Å². The number of nitrogens with one attached hydrogen (secondary N) is 2. The molecule has 0 spiro atoms. The molecule has 1 heterocycles. The van der Waals surface area contributed by atoms with Crippen LogP contribution in [0, 0.1) is 11.8 Å². The van der Waals surface area contributed by atoms with E-state index in [1.165, 1.54) is 24.2 Å². The number of hydrogen-bond donors (Lipinski definition) is 2. The Morgan fingerprint density at radius 2 is 1.69 bits per heavy atom. The first-order valence-corrected chi connectivity index (χ1v) is 9.77. The Morgan fingerprint density at radius 1 is 1.04 bits per heavy atom. The second-order valence-corrected chi connectivity index (χ2v) is 7.40. The van der Waals surface area contributed by atoms with Crippen LogP contribution < -0.4 is 10.6 Å². The van der Waals surface area contributed by atoms with Gasteiger partial charge in [-0.1, -0.05) is 12.8 Å². The predicted molar refractivity (Wildman–Crippen MR) is 111 cm³/mol. The predicted octanol–water partition coefficient (Wildman–Crippen LogP) is 4.01. The van der Waals surface area contributed by atoms with Crippen LogP contribution in [-0.4, -0.2) is 56.3 Å². The summed E-state index contributed by atoms with van der Waals surface area (Å²) >= 11 is 0. The molecule has 2 fully saturated rings. The zero-order chi connectivity index (χ0) is 18.1. The second-order valence-electron chi connectivity index (χ2n) is 7.40. The summed E-state index contributed by atoms with van der Waals surface area (Å²) in [5, 5.41) is 6.63. The van der Waals surface area contributed by atoms with Gasteiger partial charge in [-0.2, -0.15) is 13.2 Å². The number of rotatable bonds is 9. The van der Waals surface area contributed by atoms with Crippen molar-refractivity contribution in [3.8, 4) is 0 Å². The standard InChI is InChI=1S/C18H33F3N4.HI/c1-2-22-17(23-10-3-4-15-5-6-15)24-11-7-16-8-12-25(13-9-16)14-18(19,20)21;/h15-16H,2-14H2,1H3,(H2,22,23,24);1H. The third-order valence-corrected chi connectivity index (χ3v) is 5.04. The van der Waals surface area contributed by atoms with Gasteiger partial charge in [-0.15, -0.1) is 24.0 Å². The van der Waals surface area contributed by atoms with Crippen molar-refractivity contribution in [2.45, 2.75) is 58.0 Å². The topological polar surface area (TPSA) is 39.7 Å². The molecule has 0 radical (unpaired) electrons. The molecule has 0 unspecified atom stereocenters. The van der Waals surface area contributed by atoms with Gasteiger partial charge in [0.15, 0.2) is 5.96 Å². The number of halogens is 4. The van der Waals surface area contributed by atoms with Crippen molar-refractivity contribution >= 4 is 29.9 Å². The number of piperidine rings is 1. The molecular weight excluding hydrogens is 456 g/mol. The molecule has 4 nitrogen and oxygen atoms in total. The van der Waals surface area contributed by atoms with E-state index in [0.717, 1.165) is 57.2 Å². The van der Waals surface area contributed by atoms with Crippen LogP contribution in [0.1, 0.15) is 51.9 Å². The maximum atomic E-state index is 12.4. The number of hydrogen-bond acceptors (Lipinski definition) is 2. The first kappa shape index (κ1) is 23.8. The molecule has 8 heteroatoms. The van der Waals surface area contributed by atoms with Crippen LogP contribution >= 0.6 is 24.0 Å². The molecule has 0 aromatic rings. The molecule has 154 valence electrons. The third kappa shape index (κ3) is 10.8. The van der Waals surface area contributed by atoms with Crippen LogP contribution in [0.3, 0.4) is 0 Å². The molecule has 2 rings (SSSR count). The van der Waals surface area contributed by atoms with Crippen LogP contribution in [0.15, 0.2) is 4.99 Å². The Labute approximate surface area is 172 Å².